The summed E-state index contributed by atoms with van der Waals surface area (Å²) in [4.78, 5) is 1.09. The average molecular weight is 338 g/mol. The minimum atomic E-state index is 0.871. The third-order valence-corrected chi connectivity index (χ3v) is 5.47. The zero-order valence-electron chi connectivity index (χ0n) is 15.4. The molecular weight excluding hydrogens is 310 g/mol. The fourth-order valence-corrected chi connectivity index (χ4v) is 3.28. The molecule has 2 aromatic carbocycles. The van der Waals surface area contributed by atoms with E-state index in [-0.39, 0.29) is 0 Å². The van der Waals surface area contributed by atoms with E-state index in [1.165, 1.54) is 33.4 Å². The van der Waals surface area contributed by atoms with Crippen molar-refractivity contribution in [3.63, 3.8) is 0 Å². The van der Waals surface area contributed by atoms with E-state index in [2.05, 4.69) is 76.9 Å². The Morgan fingerprint density at radius 1 is 1.00 bits per heavy atom. The number of allylic oxidation sites excluding steroid dienone is 1. The van der Waals surface area contributed by atoms with Crippen LogP contribution in [0.25, 0.3) is 4.91 Å². The zero-order chi connectivity index (χ0) is 17.9. The van der Waals surface area contributed by atoms with E-state index in [1.54, 1.807) is 11.8 Å². The predicted molar refractivity (Wildman–Crippen MR) is 110 cm³/mol. The Bertz CT molecular complexity index is 800. The maximum Gasteiger partial charge on any atom is 0.0346 e. The highest BCUT2D eigenvalue weighted by Crippen LogP contribution is 2.30. The van der Waals surface area contributed by atoms with E-state index in [0.717, 1.165) is 22.6 Å². The molecule has 0 fully saturated rings. The number of nitrogens with two attached hydrogens (primary N) is 1. The van der Waals surface area contributed by atoms with Crippen LogP contribution in [0.1, 0.15) is 40.3 Å². The monoisotopic (exact) mass is 337 g/mol. The van der Waals surface area contributed by atoms with Crippen molar-refractivity contribution in [2.45, 2.75) is 41.0 Å². The van der Waals surface area contributed by atoms with Crippen LogP contribution >= 0.6 is 11.8 Å². The van der Waals surface area contributed by atoms with Crippen molar-refractivity contribution in [2.75, 3.05) is 5.73 Å². The number of benzene rings is 2. The molecule has 0 aliphatic carbocycles. The Balaban J connectivity index is 2.07. The standard InChI is InChI=1S/C22H27NS/c1-14(9-21-11-18(5)22(23)12-17(21)4)13-24-19(6)20-8-7-15(2)16(3)10-20/h7-8,10-13H,6,9,23H2,1-5H3/b14-13+. The summed E-state index contributed by atoms with van der Waals surface area (Å²) in [6.45, 7) is 14.9. The lowest BCUT2D eigenvalue weighted by Gasteiger charge is -2.11. The SMILES string of the molecule is C=C(S/C=C(\C)Cc1cc(C)c(N)cc1C)c1ccc(C)c(C)c1. The Hall–Kier alpha value is -1.93. The summed E-state index contributed by atoms with van der Waals surface area (Å²) >= 11 is 1.70. The number of aryl methyl sites for hydroxylation is 4. The Morgan fingerprint density at radius 3 is 2.38 bits per heavy atom. The van der Waals surface area contributed by atoms with E-state index in [1.807, 2.05) is 0 Å². The number of rotatable bonds is 5. The van der Waals surface area contributed by atoms with Gasteiger partial charge in [-0.25, -0.2) is 0 Å². The number of nitrogen functional groups attached to an aromatic ring is 1. The third-order valence-electron chi connectivity index (χ3n) is 4.43. The van der Waals surface area contributed by atoms with E-state index < -0.39 is 0 Å². The van der Waals surface area contributed by atoms with Crippen LogP contribution in [0.15, 0.2) is 47.9 Å². The molecule has 0 aliphatic rings. The van der Waals surface area contributed by atoms with Crippen LogP contribution < -0.4 is 5.73 Å². The van der Waals surface area contributed by atoms with Gasteiger partial charge in [0, 0.05) is 10.6 Å². The van der Waals surface area contributed by atoms with Crippen molar-refractivity contribution >= 4 is 22.4 Å². The summed E-state index contributed by atoms with van der Waals surface area (Å²) in [7, 11) is 0. The summed E-state index contributed by atoms with van der Waals surface area (Å²) in [6, 6.07) is 10.8. The first-order chi connectivity index (χ1) is 11.3. The van der Waals surface area contributed by atoms with E-state index in [0.29, 0.717) is 0 Å². The fourth-order valence-electron chi connectivity index (χ4n) is 2.59. The lowest BCUT2D eigenvalue weighted by Crippen LogP contribution is -1.96. The van der Waals surface area contributed by atoms with Gasteiger partial charge in [0.15, 0.2) is 0 Å². The van der Waals surface area contributed by atoms with Crippen molar-refractivity contribution in [1.82, 2.24) is 0 Å². The third kappa shape index (κ3) is 4.55. The van der Waals surface area contributed by atoms with Gasteiger partial charge in [-0.2, -0.15) is 0 Å². The maximum atomic E-state index is 5.98. The Kier molecular flexibility index (Phi) is 5.95. The second-order valence-electron chi connectivity index (χ2n) is 6.62. The molecule has 24 heavy (non-hydrogen) atoms. The van der Waals surface area contributed by atoms with Gasteiger partial charge in [0.1, 0.15) is 0 Å². The number of hydrogen-bond acceptors (Lipinski definition) is 2. The first-order valence-electron chi connectivity index (χ1n) is 8.22. The van der Waals surface area contributed by atoms with Crippen LogP contribution in [-0.2, 0) is 6.42 Å². The predicted octanol–water partition coefficient (Wildman–Crippen LogP) is 6.35. The van der Waals surface area contributed by atoms with Crippen molar-refractivity contribution in [3.05, 3.63) is 81.3 Å². The van der Waals surface area contributed by atoms with E-state index >= 15 is 0 Å². The van der Waals surface area contributed by atoms with Crippen molar-refractivity contribution in [3.8, 4) is 0 Å². The van der Waals surface area contributed by atoms with Gasteiger partial charge in [-0.05, 0) is 85.9 Å². The van der Waals surface area contributed by atoms with Crippen LogP contribution in [0.5, 0.6) is 0 Å². The highest BCUT2D eigenvalue weighted by Gasteiger charge is 2.05. The molecule has 2 heteroatoms. The van der Waals surface area contributed by atoms with Crippen molar-refractivity contribution < 1.29 is 0 Å². The molecule has 0 aliphatic heterocycles. The molecule has 126 valence electrons. The molecule has 2 rings (SSSR count). The van der Waals surface area contributed by atoms with Gasteiger partial charge in [-0.3, -0.25) is 0 Å². The highest BCUT2D eigenvalue weighted by molar-refractivity contribution is 8.10. The fraction of sp³-hybridized carbons (Fsp3) is 0.273. The summed E-state index contributed by atoms with van der Waals surface area (Å²) < 4.78 is 0. The van der Waals surface area contributed by atoms with Gasteiger partial charge in [0.2, 0.25) is 0 Å². The molecule has 0 unspecified atom stereocenters. The second kappa shape index (κ2) is 7.76. The zero-order valence-corrected chi connectivity index (χ0v) is 16.2. The molecule has 2 N–H and O–H groups in total. The molecular formula is C22H27NS. The Morgan fingerprint density at radius 2 is 1.71 bits per heavy atom. The molecule has 1 nitrogen and oxygen atoms in total. The molecule has 0 atom stereocenters. The average Bonchev–Trinajstić information content (AvgIpc) is 2.53. The maximum absolute atomic E-state index is 5.98. The molecule has 0 aromatic heterocycles. The van der Waals surface area contributed by atoms with E-state index in [4.69, 9.17) is 5.73 Å². The van der Waals surface area contributed by atoms with Gasteiger partial charge in [0.05, 0.1) is 0 Å². The van der Waals surface area contributed by atoms with Gasteiger partial charge < -0.3 is 5.73 Å². The van der Waals surface area contributed by atoms with E-state index in [9.17, 15) is 0 Å². The lowest BCUT2D eigenvalue weighted by molar-refractivity contribution is 1.11. The first kappa shape index (κ1) is 18.4. The molecule has 0 amide bonds. The summed E-state index contributed by atoms with van der Waals surface area (Å²) in [5.41, 5.74) is 15.7. The van der Waals surface area contributed by atoms with Gasteiger partial charge in [-0.1, -0.05) is 48.2 Å². The molecule has 0 radical (unpaired) electrons. The van der Waals surface area contributed by atoms with Gasteiger partial charge in [0.25, 0.3) is 0 Å². The number of thioether (sulfide) groups is 1. The summed E-state index contributed by atoms with van der Waals surface area (Å²) in [5, 5.41) is 2.21. The van der Waals surface area contributed by atoms with Crippen LogP contribution in [0, 0.1) is 27.7 Å². The largest absolute Gasteiger partial charge is 0.399 e. The van der Waals surface area contributed by atoms with Crippen molar-refractivity contribution in [1.29, 1.82) is 0 Å². The van der Waals surface area contributed by atoms with Crippen LogP contribution in [0.4, 0.5) is 5.69 Å². The Labute approximate surface area is 150 Å². The van der Waals surface area contributed by atoms with Gasteiger partial charge >= 0.3 is 0 Å². The highest BCUT2D eigenvalue weighted by atomic mass is 32.2. The number of hydrogen-bond donors (Lipinski definition) is 1. The molecule has 0 saturated heterocycles. The molecule has 0 bridgehead atoms. The minimum Gasteiger partial charge on any atom is -0.399 e. The smallest absolute Gasteiger partial charge is 0.0346 e. The molecule has 2 aromatic rings. The minimum absolute atomic E-state index is 0.871. The number of anilines is 1. The first-order valence-corrected chi connectivity index (χ1v) is 9.10. The molecule has 0 saturated carbocycles. The van der Waals surface area contributed by atoms with Gasteiger partial charge in [-0.15, -0.1) is 0 Å². The molecule has 0 heterocycles. The van der Waals surface area contributed by atoms with Crippen LogP contribution in [-0.4, -0.2) is 0 Å². The quantitative estimate of drug-likeness (QED) is 0.643. The second-order valence-corrected chi connectivity index (χ2v) is 7.58. The van der Waals surface area contributed by atoms with Crippen LogP contribution in [0.3, 0.4) is 0 Å². The normalized spacial score (nSPS) is 11.6. The summed E-state index contributed by atoms with van der Waals surface area (Å²) in [6.07, 6.45) is 0.945. The topological polar surface area (TPSA) is 26.0 Å². The summed E-state index contributed by atoms with van der Waals surface area (Å²) in [5.74, 6) is 0. The van der Waals surface area contributed by atoms with Crippen LogP contribution in [0.2, 0.25) is 0 Å². The van der Waals surface area contributed by atoms with Crippen molar-refractivity contribution in [2.24, 2.45) is 0 Å². The molecule has 0 spiro atoms. The lowest BCUT2D eigenvalue weighted by atomic mass is 9.99.